The van der Waals surface area contributed by atoms with Crippen molar-refractivity contribution in [2.24, 2.45) is 5.73 Å². The van der Waals surface area contributed by atoms with E-state index in [1.54, 1.807) is 24.4 Å². The SMILES string of the molecule is CN(Cc1ccccn1)C(=O)N[C@H](CCC(N)=O)C(=O)O. The van der Waals surface area contributed by atoms with E-state index in [2.05, 4.69) is 10.3 Å². The van der Waals surface area contributed by atoms with Crippen molar-refractivity contribution < 1.29 is 19.5 Å². The third-order valence-electron chi connectivity index (χ3n) is 2.75. The van der Waals surface area contributed by atoms with Crippen LogP contribution in [-0.2, 0) is 16.1 Å². The zero-order chi connectivity index (χ0) is 15.8. The molecule has 3 amide bonds. The molecule has 0 aliphatic rings. The van der Waals surface area contributed by atoms with Gasteiger partial charge < -0.3 is 21.1 Å². The Morgan fingerprint density at radius 1 is 1.43 bits per heavy atom. The summed E-state index contributed by atoms with van der Waals surface area (Å²) in [6.07, 6.45) is 1.45. The number of urea groups is 1. The van der Waals surface area contributed by atoms with E-state index >= 15 is 0 Å². The number of pyridine rings is 1. The summed E-state index contributed by atoms with van der Waals surface area (Å²) in [5, 5.41) is 11.4. The van der Waals surface area contributed by atoms with Crippen LogP contribution in [0.25, 0.3) is 0 Å². The summed E-state index contributed by atoms with van der Waals surface area (Å²) in [7, 11) is 1.52. The van der Waals surface area contributed by atoms with Crippen LogP contribution in [0.2, 0.25) is 0 Å². The van der Waals surface area contributed by atoms with Crippen LogP contribution in [0.5, 0.6) is 0 Å². The first-order valence-electron chi connectivity index (χ1n) is 6.32. The van der Waals surface area contributed by atoms with Gasteiger partial charge in [-0.1, -0.05) is 6.07 Å². The number of carbonyl (C=O) groups is 3. The Morgan fingerprint density at radius 3 is 2.67 bits per heavy atom. The van der Waals surface area contributed by atoms with Gasteiger partial charge >= 0.3 is 12.0 Å². The summed E-state index contributed by atoms with van der Waals surface area (Å²) in [5.74, 6) is -1.83. The van der Waals surface area contributed by atoms with Crippen LogP contribution in [0.4, 0.5) is 4.79 Å². The molecule has 0 aliphatic carbocycles. The number of hydrogen-bond acceptors (Lipinski definition) is 4. The smallest absolute Gasteiger partial charge is 0.326 e. The average Bonchev–Trinajstić information content (AvgIpc) is 2.43. The van der Waals surface area contributed by atoms with Gasteiger partial charge in [-0.05, 0) is 18.6 Å². The second kappa shape index (κ2) is 7.83. The second-order valence-corrected chi connectivity index (χ2v) is 4.52. The number of carbonyl (C=O) groups excluding carboxylic acids is 2. The molecule has 0 radical (unpaired) electrons. The molecule has 0 saturated carbocycles. The highest BCUT2D eigenvalue weighted by atomic mass is 16.4. The lowest BCUT2D eigenvalue weighted by atomic mass is 10.1. The number of nitrogens with one attached hydrogen (secondary N) is 1. The highest BCUT2D eigenvalue weighted by molar-refractivity contribution is 5.83. The number of hydrogen-bond donors (Lipinski definition) is 3. The molecule has 0 aliphatic heterocycles. The first-order chi connectivity index (χ1) is 9.90. The molecule has 8 nitrogen and oxygen atoms in total. The van der Waals surface area contributed by atoms with Crippen LogP contribution >= 0.6 is 0 Å². The first-order valence-corrected chi connectivity index (χ1v) is 6.32. The molecule has 0 saturated heterocycles. The quantitative estimate of drug-likeness (QED) is 0.649. The fourth-order valence-corrected chi connectivity index (χ4v) is 1.61. The van der Waals surface area contributed by atoms with Crippen molar-refractivity contribution in [1.29, 1.82) is 0 Å². The number of aromatic nitrogens is 1. The molecule has 0 unspecified atom stereocenters. The van der Waals surface area contributed by atoms with E-state index in [4.69, 9.17) is 10.8 Å². The Balaban J connectivity index is 2.56. The van der Waals surface area contributed by atoms with E-state index in [9.17, 15) is 14.4 Å². The number of nitrogens with zero attached hydrogens (tertiary/aromatic N) is 2. The second-order valence-electron chi connectivity index (χ2n) is 4.52. The van der Waals surface area contributed by atoms with Gasteiger partial charge in [-0.3, -0.25) is 9.78 Å². The molecule has 0 aromatic carbocycles. The largest absolute Gasteiger partial charge is 0.480 e. The maximum Gasteiger partial charge on any atom is 0.326 e. The molecule has 1 heterocycles. The molecule has 0 bridgehead atoms. The van der Waals surface area contributed by atoms with Crippen LogP contribution in [0.3, 0.4) is 0 Å². The number of carboxylic acids is 1. The Bertz CT molecular complexity index is 506. The number of carboxylic acid groups (broad SMARTS) is 1. The fraction of sp³-hybridized carbons (Fsp3) is 0.385. The molecule has 21 heavy (non-hydrogen) atoms. The Kier molecular flexibility index (Phi) is 6.12. The Hall–Kier alpha value is -2.64. The van der Waals surface area contributed by atoms with Gasteiger partial charge in [-0.15, -0.1) is 0 Å². The highest BCUT2D eigenvalue weighted by Crippen LogP contribution is 2.02. The fourth-order valence-electron chi connectivity index (χ4n) is 1.61. The highest BCUT2D eigenvalue weighted by Gasteiger charge is 2.22. The first kappa shape index (κ1) is 16.4. The minimum Gasteiger partial charge on any atom is -0.480 e. The van der Waals surface area contributed by atoms with Crippen molar-refractivity contribution in [2.75, 3.05) is 7.05 Å². The van der Waals surface area contributed by atoms with Crippen molar-refractivity contribution in [3.8, 4) is 0 Å². The molecule has 0 spiro atoms. The van der Waals surface area contributed by atoms with Crippen molar-refractivity contribution in [2.45, 2.75) is 25.4 Å². The van der Waals surface area contributed by atoms with Crippen molar-refractivity contribution >= 4 is 17.9 Å². The standard InChI is InChI=1S/C13H18N4O4/c1-17(8-9-4-2-3-7-15-9)13(21)16-10(12(19)20)5-6-11(14)18/h2-4,7,10H,5-6,8H2,1H3,(H2,14,18)(H,16,21)(H,19,20)/t10-/m1/s1. The molecule has 1 atom stereocenters. The van der Waals surface area contributed by atoms with Gasteiger partial charge in [0.05, 0.1) is 12.2 Å². The number of nitrogens with two attached hydrogens (primary N) is 1. The molecular weight excluding hydrogens is 276 g/mol. The van der Waals surface area contributed by atoms with Crippen LogP contribution < -0.4 is 11.1 Å². The zero-order valence-corrected chi connectivity index (χ0v) is 11.7. The zero-order valence-electron chi connectivity index (χ0n) is 11.7. The average molecular weight is 294 g/mol. The number of primary amides is 1. The van der Waals surface area contributed by atoms with Crippen molar-refractivity contribution in [3.05, 3.63) is 30.1 Å². The molecule has 8 heteroatoms. The molecule has 1 aromatic rings. The molecule has 1 rings (SSSR count). The van der Waals surface area contributed by atoms with Crippen LogP contribution in [0.15, 0.2) is 24.4 Å². The number of rotatable bonds is 7. The van der Waals surface area contributed by atoms with E-state index in [1.807, 2.05) is 0 Å². The normalized spacial score (nSPS) is 11.5. The summed E-state index contributed by atoms with van der Waals surface area (Å²) in [6, 6.07) is 3.59. The van der Waals surface area contributed by atoms with E-state index in [0.29, 0.717) is 5.69 Å². The minimum absolute atomic E-state index is 0.0478. The molecule has 114 valence electrons. The van der Waals surface area contributed by atoms with Crippen LogP contribution in [-0.4, -0.2) is 46.0 Å². The lowest BCUT2D eigenvalue weighted by Crippen LogP contribution is -2.46. The van der Waals surface area contributed by atoms with E-state index in [0.717, 1.165) is 0 Å². The van der Waals surface area contributed by atoms with Gasteiger partial charge in [0.1, 0.15) is 6.04 Å². The summed E-state index contributed by atoms with van der Waals surface area (Å²) in [6.45, 7) is 0.245. The lowest BCUT2D eigenvalue weighted by molar-refractivity contribution is -0.139. The van der Waals surface area contributed by atoms with E-state index < -0.39 is 23.9 Å². The number of amides is 3. The summed E-state index contributed by atoms with van der Waals surface area (Å²) in [4.78, 5) is 39.0. The van der Waals surface area contributed by atoms with Gasteiger partial charge in [0.25, 0.3) is 0 Å². The summed E-state index contributed by atoms with van der Waals surface area (Å²) in [5.41, 5.74) is 5.65. The van der Waals surface area contributed by atoms with Gasteiger partial charge in [0.15, 0.2) is 0 Å². The van der Waals surface area contributed by atoms with E-state index in [1.165, 1.54) is 11.9 Å². The summed E-state index contributed by atoms with van der Waals surface area (Å²) >= 11 is 0. The van der Waals surface area contributed by atoms with Crippen LogP contribution in [0.1, 0.15) is 18.5 Å². The molecular formula is C13H18N4O4. The molecule has 1 aromatic heterocycles. The monoisotopic (exact) mass is 294 g/mol. The third-order valence-corrected chi connectivity index (χ3v) is 2.75. The number of aliphatic carboxylic acids is 1. The maximum absolute atomic E-state index is 11.9. The van der Waals surface area contributed by atoms with Crippen molar-refractivity contribution in [1.82, 2.24) is 15.2 Å². The minimum atomic E-state index is -1.21. The predicted molar refractivity (Wildman–Crippen MR) is 74.1 cm³/mol. The van der Waals surface area contributed by atoms with E-state index in [-0.39, 0.29) is 19.4 Å². The predicted octanol–water partition coefficient (Wildman–Crippen LogP) is -0.0583. The molecule has 4 N–H and O–H groups in total. The van der Waals surface area contributed by atoms with Gasteiger partial charge in [-0.2, -0.15) is 0 Å². The summed E-state index contributed by atoms with van der Waals surface area (Å²) < 4.78 is 0. The third kappa shape index (κ3) is 5.89. The van der Waals surface area contributed by atoms with Gasteiger partial charge in [0, 0.05) is 19.7 Å². The van der Waals surface area contributed by atoms with Gasteiger partial charge in [-0.25, -0.2) is 9.59 Å². The maximum atomic E-state index is 11.9. The van der Waals surface area contributed by atoms with Crippen molar-refractivity contribution in [3.63, 3.8) is 0 Å². The molecule has 0 fully saturated rings. The Labute approximate surface area is 121 Å². The Morgan fingerprint density at radius 2 is 2.14 bits per heavy atom. The topological polar surface area (TPSA) is 126 Å². The van der Waals surface area contributed by atoms with Crippen LogP contribution in [0, 0.1) is 0 Å². The van der Waals surface area contributed by atoms with Gasteiger partial charge in [0.2, 0.25) is 5.91 Å². The lowest BCUT2D eigenvalue weighted by Gasteiger charge is -2.21.